The van der Waals surface area contributed by atoms with Gasteiger partial charge in [0.15, 0.2) is 0 Å². The molecule has 1 saturated carbocycles. The molecular formula is C20H30N2O3. The number of amides is 1. The monoisotopic (exact) mass is 346 g/mol. The molecule has 0 aromatic heterocycles. The summed E-state index contributed by atoms with van der Waals surface area (Å²) in [5.41, 5.74) is 2.56. The van der Waals surface area contributed by atoms with E-state index in [-0.39, 0.29) is 5.92 Å². The number of benzene rings is 1. The van der Waals surface area contributed by atoms with Gasteiger partial charge < -0.3 is 14.7 Å². The predicted molar refractivity (Wildman–Crippen MR) is 97.5 cm³/mol. The van der Waals surface area contributed by atoms with Crippen LogP contribution >= 0.6 is 0 Å². The van der Waals surface area contributed by atoms with Gasteiger partial charge in [0.2, 0.25) is 5.91 Å². The van der Waals surface area contributed by atoms with Gasteiger partial charge in [-0.2, -0.15) is 0 Å². The second-order valence-corrected chi connectivity index (χ2v) is 7.30. The lowest BCUT2D eigenvalue weighted by atomic mass is 10.1. The second-order valence-electron chi connectivity index (χ2n) is 7.30. The van der Waals surface area contributed by atoms with Gasteiger partial charge in [0.1, 0.15) is 0 Å². The van der Waals surface area contributed by atoms with Crippen molar-refractivity contribution in [2.75, 3.05) is 45.9 Å². The molecule has 5 heteroatoms. The van der Waals surface area contributed by atoms with Crippen molar-refractivity contribution in [2.45, 2.75) is 32.3 Å². The lowest BCUT2D eigenvalue weighted by molar-refractivity contribution is -0.134. The van der Waals surface area contributed by atoms with Crippen molar-refractivity contribution in [2.24, 2.45) is 5.92 Å². The average molecular weight is 346 g/mol. The van der Waals surface area contributed by atoms with E-state index < -0.39 is 6.10 Å². The number of carbonyl (C=O) groups is 1. The van der Waals surface area contributed by atoms with Crippen LogP contribution in [0.3, 0.4) is 0 Å². The first-order valence-corrected chi connectivity index (χ1v) is 9.42. The minimum Gasteiger partial charge on any atom is -0.389 e. The van der Waals surface area contributed by atoms with Gasteiger partial charge in [-0.15, -0.1) is 0 Å². The third-order valence-corrected chi connectivity index (χ3v) is 5.25. The van der Waals surface area contributed by atoms with Crippen molar-refractivity contribution in [1.29, 1.82) is 0 Å². The van der Waals surface area contributed by atoms with Gasteiger partial charge in [0.25, 0.3) is 0 Å². The van der Waals surface area contributed by atoms with Crippen LogP contribution in [0.5, 0.6) is 0 Å². The van der Waals surface area contributed by atoms with E-state index in [0.29, 0.717) is 31.6 Å². The highest BCUT2D eigenvalue weighted by Crippen LogP contribution is 2.48. The standard InChI is InChI=1S/C20H30N2O3/c1-3-25-14-17(23)13-21-7-9-22(10-8-21)20(24)19-12-18(19)16-6-4-5-15(2)11-16/h4-6,11,17-19,23H,3,7-10,12-14H2,1-2H3/t17-,18+,19-/m1/s1. The van der Waals surface area contributed by atoms with Crippen LogP contribution < -0.4 is 0 Å². The van der Waals surface area contributed by atoms with Crippen LogP contribution in [0, 0.1) is 12.8 Å². The van der Waals surface area contributed by atoms with E-state index in [4.69, 9.17) is 4.74 Å². The molecule has 1 aromatic rings. The average Bonchev–Trinajstić information content (AvgIpc) is 3.41. The van der Waals surface area contributed by atoms with E-state index >= 15 is 0 Å². The molecule has 25 heavy (non-hydrogen) atoms. The largest absolute Gasteiger partial charge is 0.389 e. The van der Waals surface area contributed by atoms with Crippen molar-refractivity contribution in [1.82, 2.24) is 9.80 Å². The van der Waals surface area contributed by atoms with Crippen molar-refractivity contribution in [3.8, 4) is 0 Å². The number of hydrogen-bond donors (Lipinski definition) is 1. The van der Waals surface area contributed by atoms with E-state index in [1.807, 2.05) is 11.8 Å². The van der Waals surface area contributed by atoms with Gasteiger partial charge in [0.05, 0.1) is 12.7 Å². The molecule has 0 unspecified atom stereocenters. The summed E-state index contributed by atoms with van der Waals surface area (Å²) in [6.07, 6.45) is 0.534. The first-order chi connectivity index (χ1) is 12.1. The first kappa shape index (κ1) is 18.4. The third kappa shape index (κ3) is 4.81. The van der Waals surface area contributed by atoms with Gasteiger partial charge in [-0.1, -0.05) is 29.8 Å². The number of rotatable bonds is 7. The summed E-state index contributed by atoms with van der Waals surface area (Å²) in [5, 5.41) is 9.94. The molecule has 3 atom stereocenters. The molecule has 1 aliphatic carbocycles. The fourth-order valence-electron chi connectivity index (χ4n) is 3.73. The van der Waals surface area contributed by atoms with E-state index in [1.54, 1.807) is 0 Å². The van der Waals surface area contributed by atoms with E-state index in [9.17, 15) is 9.90 Å². The van der Waals surface area contributed by atoms with Crippen molar-refractivity contribution in [3.63, 3.8) is 0 Å². The van der Waals surface area contributed by atoms with Crippen molar-refractivity contribution >= 4 is 5.91 Å². The SMILES string of the molecule is CCOC[C@H](O)CN1CCN(C(=O)[C@@H]2C[C@H]2c2cccc(C)c2)CC1. The lowest BCUT2D eigenvalue weighted by Gasteiger charge is -2.35. The quantitative estimate of drug-likeness (QED) is 0.815. The van der Waals surface area contributed by atoms with Crippen molar-refractivity contribution in [3.05, 3.63) is 35.4 Å². The van der Waals surface area contributed by atoms with Gasteiger partial charge >= 0.3 is 0 Å². The maximum absolute atomic E-state index is 12.7. The van der Waals surface area contributed by atoms with Crippen LogP contribution in [-0.4, -0.2) is 72.9 Å². The number of hydrogen-bond acceptors (Lipinski definition) is 4. The second kappa shape index (κ2) is 8.30. The molecule has 0 bridgehead atoms. The number of carbonyl (C=O) groups excluding carboxylic acids is 1. The molecule has 138 valence electrons. The molecule has 2 fully saturated rings. The van der Waals surface area contributed by atoms with Gasteiger partial charge in [-0.25, -0.2) is 0 Å². The Hall–Kier alpha value is -1.43. The number of aryl methyl sites for hydroxylation is 1. The van der Waals surface area contributed by atoms with Crippen LogP contribution in [0.15, 0.2) is 24.3 Å². The molecule has 1 amide bonds. The first-order valence-electron chi connectivity index (χ1n) is 9.42. The lowest BCUT2D eigenvalue weighted by Crippen LogP contribution is -2.51. The molecular weight excluding hydrogens is 316 g/mol. The fraction of sp³-hybridized carbons (Fsp3) is 0.650. The molecule has 3 rings (SSSR count). The molecule has 2 aliphatic rings. The predicted octanol–water partition coefficient (Wildman–Crippen LogP) is 1.64. The van der Waals surface area contributed by atoms with E-state index in [1.165, 1.54) is 11.1 Å². The highest BCUT2D eigenvalue weighted by molar-refractivity contribution is 5.83. The Morgan fingerprint density at radius 2 is 2.08 bits per heavy atom. The number of aliphatic hydroxyl groups is 1. The molecule has 1 saturated heterocycles. The minimum absolute atomic E-state index is 0.164. The third-order valence-electron chi connectivity index (χ3n) is 5.25. The molecule has 1 aliphatic heterocycles. The summed E-state index contributed by atoms with van der Waals surface area (Å²) in [7, 11) is 0. The van der Waals surface area contributed by atoms with Crippen LogP contribution in [0.2, 0.25) is 0 Å². The van der Waals surface area contributed by atoms with Crippen LogP contribution in [0.4, 0.5) is 0 Å². The molecule has 1 heterocycles. The fourth-order valence-corrected chi connectivity index (χ4v) is 3.73. The Labute approximate surface area is 150 Å². The summed E-state index contributed by atoms with van der Waals surface area (Å²) in [6.45, 7) is 8.85. The Kier molecular flexibility index (Phi) is 6.10. The number of nitrogens with zero attached hydrogens (tertiary/aromatic N) is 2. The topological polar surface area (TPSA) is 53.0 Å². The normalized spacial score (nSPS) is 25.0. The van der Waals surface area contributed by atoms with Crippen LogP contribution in [0.25, 0.3) is 0 Å². The smallest absolute Gasteiger partial charge is 0.226 e. The highest BCUT2D eigenvalue weighted by Gasteiger charge is 2.46. The number of aliphatic hydroxyl groups excluding tert-OH is 1. The number of ether oxygens (including phenoxy) is 1. The summed E-state index contributed by atoms with van der Waals surface area (Å²) >= 11 is 0. The zero-order valence-corrected chi connectivity index (χ0v) is 15.4. The van der Waals surface area contributed by atoms with Crippen LogP contribution in [-0.2, 0) is 9.53 Å². The Morgan fingerprint density at radius 1 is 1.32 bits per heavy atom. The number of β-amino-alcohol motifs (C(OH)–C–C–N with tert-alkyl or cyclic N) is 1. The summed E-state index contributed by atoms with van der Waals surface area (Å²) < 4.78 is 5.26. The van der Waals surface area contributed by atoms with Gasteiger partial charge in [-0.3, -0.25) is 9.69 Å². The number of piperazine rings is 1. The minimum atomic E-state index is -0.448. The molecule has 5 nitrogen and oxygen atoms in total. The van der Waals surface area contributed by atoms with Crippen LogP contribution in [0.1, 0.15) is 30.4 Å². The summed E-state index contributed by atoms with van der Waals surface area (Å²) in [4.78, 5) is 17.0. The zero-order valence-electron chi connectivity index (χ0n) is 15.4. The Bertz CT molecular complexity index is 584. The Morgan fingerprint density at radius 3 is 2.76 bits per heavy atom. The molecule has 0 radical (unpaired) electrons. The molecule has 1 N–H and O–H groups in total. The molecule has 1 aromatic carbocycles. The van der Waals surface area contributed by atoms with E-state index in [0.717, 1.165) is 32.6 Å². The maximum Gasteiger partial charge on any atom is 0.226 e. The highest BCUT2D eigenvalue weighted by atomic mass is 16.5. The van der Waals surface area contributed by atoms with E-state index in [2.05, 4.69) is 36.1 Å². The maximum atomic E-state index is 12.7. The Balaban J connectivity index is 1.43. The summed E-state index contributed by atoms with van der Waals surface area (Å²) in [6, 6.07) is 8.52. The van der Waals surface area contributed by atoms with Crippen molar-refractivity contribution < 1.29 is 14.6 Å². The zero-order chi connectivity index (χ0) is 17.8. The van der Waals surface area contributed by atoms with Gasteiger partial charge in [-0.05, 0) is 31.7 Å². The summed E-state index contributed by atoms with van der Waals surface area (Å²) in [5.74, 6) is 0.872. The molecule has 0 spiro atoms. The van der Waals surface area contributed by atoms with Gasteiger partial charge in [0, 0.05) is 45.2 Å².